The second kappa shape index (κ2) is 7.80. The zero-order valence-corrected chi connectivity index (χ0v) is 15.6. The van der Waals surface area contributed by atoms with E-state index in [2.05, 4.69) is 14.5 Å². The molecule has 1 atom stereocenters. The van der Waals surface area contributed by atoms with Crippen molar-refractivity contribution in [2.24, 2.45) is 11.8 Å². The predicted octanol–water partition coefficient (Wildman–Crippen LogP) is 2.30. The summed E-state index contributed by atoms with van der Waals surface area (Å²) in [6.45, 7) is 3.35. The Labute approximate surface area is 155 Å². The number of imidazole rings is 1. The van der Waals surface area contributed by atoms with E-state index < -0.39 is 0 Å². The molecule has 3 heterocycles. The van der Waals surface area contributed by atoms with Crippen molar-refractivity contribution in [3.63, 3.8) is 0 Å². The lowest BCUT2D eigenvalue weighted by molar-refractivity contribution is -0.145. The summed E-state index contributed by atoms with van der Waals surface area (Å²) < 4.78 is 2.13. The van der Waals surface area contributed by atoms with Gasteiger partial charge >= 0.3 is 0 Å². The van der Waals surface area contributed by atoms with Gasteiger partial charge in [-0.25, -0.2) is 4.98 Å². The second-order valence-corrected chi connectivity index (χ2v) is 8.25. The van der Waals surface area contributed by atoms with E-state index in [1.54, 1.807) is 0 Å². The molecule has 0 unspecified atom stereocenters. The molecule has 3 fully saturated rings. The van der Waals surface area contributed by atoms with Crippen molar-refractivity contribution in [2.45, 2.75) is 64.0 Å². The van der Waals surface area contributed by atoms with E-state index >= 15 is 0 Å². The highest BCUT2D eigenvalue weighted by atomic mass is 16.2. The van der Waals surface area contributed by atoms with Gasteiger partial charge in [0.15, 0.2) is 0 Å². The molecule has 1 aromatic heterocycles. The van der Waals surface area contributed by atoms with Gasteiger partial charge in [0.25, 0.3) is 0 Å². The maximum atomic E-state index is 13.0. The molecule has 0 aromatic carbocycles. The van der Waals surface area contributed by atoms with Crippen LogP contribution in [-0.4, -0.2) is 56.8 Å². The van der Waals surface area contributed by atoms with Crippen molar-refractivity contribution in [3.8, 4) is 0 Å². The van der Waals surface area contributed by atoms with Crippen LogP contribution in [-0.2, 0) is 16.1 Å². The fourth-order valence-corrected chi connectivity index (χ4v) is 4.93. The number of carbonyl (C=O) groups excluding carboxylic acids is 2. The van der Waals surface area contributed by atoms with Gasteiger partial charge in [0.2, 0.25) is 11.8 Å². The zero-order chi connectivity index (χ0) is 17.9. The summed E-state index contributed by atoms with van der Waals surface area (Å²) in [4.78, 5) is 33.5. The van der Waals surface area contributed by atoms with Crippen molar-refractivity contribution < 1.29 is 9.59 Å². The minimum Gasteiger partial charge on any atom is -0.342 e. The zero-order valence-electron chi connectivity index (χ0n) is 15.6. The summed E-state index contributed by atoms with van der Waals surface area (Å²) >= 11 is 0. The highest BCUT2D eigenvalue weighted by Crippen LogP contribution is 2.30. The molecule has 3 aliphatic rings. The van der Waals surface area contributed by atoms with Gasteiger partial charge < -0.3 is 14.4 Å². The molecule has 1 saturated carbocycles. The topological polar surface area (TPSA) is 58.4 Å². The normalized spacial score (nSPS) is 25.8. The molecule has 142 valence electrons. The Morgan fingerprint density at radius 1 is 1.12 bits per heavy atom. The standard InChI is InChI=1S/C20H30N4O2/c25-19-6-5-17(14-24(19)18-3-1-2-4-18)20(26)23-10-7-16(8-11-23)13-22-12-9-21-15-22/h9,12,15-18H,1-8,10-11,13-14H2/t17-/m0/s1. The summed E-state index contributed by atoms with van der Waals surface area (Å²) in [6.07, 6.45) is 13.8. The number of carbonyl (C=O) groups is 2. The van der Waals surface area contributed by atoms with Gasteiger partial charge in [0.1, 0.15) is 0 Å². The average molecular weight is 358 g/mol. The fraction of sp³-hybridized carbons (Fsp3) is 0.750. The Bertz CT molecular complexity index is 616. The van der Waals surface area contributed by atoms with E-state index in [9.17, 15) is 9.59 Å². The van der Waals surface area contributed by atoms with E-state index in [-0.39, 0.29) is 17.7 Å². The lowest BCUT2D eigenvalue weighted by atomic mass is 9.91. The Morgan fingerprint density at radius 3 is 2.58 bits per heavy atom. The van der Waals surface area contributed by atoms with E-state index in [4.69, 9.17) is 0 Å². The molecular weight excluding hydrogens is 328 g/mol. The van der Waals surface area contributed by atoms with Gasteiger partial charge in [-0.1, -0.05) is 12.8 Å². The molecule has 0 bridgehead atoms. The fourth-order valence-electron chi connectivity index (χ4n) is 4.93. The van der Waals surface area contributed by atoms with Crippen molar-refractivity contribution in [1.82, 2.24) is 19.4 Å². The molecule has 0 N–H and O–H groups in total. The number of hydrogen-bond donors (Lipinski definition) is 0. The monoisotopic (exact) mass is 358 g/mol. The largest absolute Gasteiger partial charge is 0.342 e. The molecule has 6 nitrogen and oxygen atoms in total. The molecule has 1 aromatic rings. The number of likely N-dealkylation sites (tertiary alicyclic amines) is 2. The van der Waals surface area contributed by atoms with Crippen LogP contribution in [0.3, 0.4) is 0 Å². The van der Waals surface area contributed by atoms with E-state index in [1.165, 1.54) is 12.8 Å². The van der Waals surface area contributed by atoms with Crippen LogP contribution >= 0.6 is 0 Å². The first-order chi connectivity index (χ1) is 12.7. The third-order valence-corrected chi connectivity index (χ3v) is 6.51. The van der Waals surface area contributed by atoms with Crippen molar-refractivity contribution in [2.75, 3.05) is 19.6 Å². The number of aromatic nitrogens is 2. The van der Waals surface area contributed by atoms with Gasteiger partial charge in [-0.3, -0.25) is 9.59 Å². The second-order valence-electron chi connectivity index (χ2n) is 8.25. The SMILES string of the molecule is O=C([C@H]1CCC(=O)N(C2CCCC2)C1)N1CCC(Cn2ccnc2)CC1. The third kappa shape index (κ3) is 3.79. The minimum atomic E-state index is 0.0125. The molecule has 0 radical (unpaired) electrons. The van der Waals surface area contributed by atoms with Crippen LogP contribution in [0.1, 0.15) is 51.4 Å². The number of hydrogen-bond acceptors (Lipinski definition) is 3. The Hall–Kier alpha value is -1.85. The molecule has 26 heavy (non-hydrogen) atoms. The van der Waals surface area contributed by atoms with Crippen LogP contribution in [0.4, 0.5) is 0 Å². The molecule has 4 rings (SSSR count). The summed E-state index contributed by atoms with van der Waals surface area (Å²) in [6, 6.07) is 0.388. The van der Waals surface area contributed by atoms with Crippen LogP contribution in [0.15, 0.2) is 18.7 Å². The number of amides is 2. The van der Waals surface area contributed by atoms with E-state index in [1.807, 2.05) is 23.6 Å². The van der Waals surface area contributed by atoms with Gasteiger partial charge in [0, 0.05) is 51.0 Å². The lowest BCUT2D eigenvalue weighted by Gasteiger charge is -2.39. The highest BCUT2D eigenvalue weighted by molar-refractivity contribution is 5.84. The number of rotatable bonds is 4. The Kier molecular flexibility index (Phi) is 5.27. The van der Waals surface area contributed by atoms with Gasteiger partial charge in [0.05, 0.1) is 12.2 Å². The smallest absolute Gasteiger partial charge is 0.227 e. The van der Waals surface area contributed by atoms with Gasteiger partial charge in [-0.2, -0.15) is 0 Å². The molecule has 1 aliphatic carbocycles. The van der Waals surface area contributed by atoms with Crippen molar-refractivity contribution in [1.29, 1.82) is 0 Å². The molecule has 0 spiro atoms. The van der Waals surface area contributed by atoms with E-state index in [0.29, 0.717) is 24.9 Å². The summed E-state index contributed by atoms with van der Waals surface area (Å²) in [5.74, 6) is 1.18. The molecule has 2 saturated heterocycles. The van der Waals surface area contributed by atoms with Crippen LogP contribution in [0.5, 0.6) is 0 Å². The molecular formula is C20H30N4O2. The number of nitrogens with zero attached hydrogens (tertiary/aromatic N) is 4. The average Bonchev–Trinajstić information content (AvgIpc) is 3.36. The predicted molar refractivity (Wildman–Crippen MR) is 98.2 cm³/mol. The Balaban J connectivity index is 1.29. The highest BCUT2D eigenvalue weighted by Gasteiger charge is 2.37. The van der Waals surface area contributed by atoms with Crippen LogP contribution in [0.25, 0.3) is 0 Å². The third-order valence-electron chi connectivity index (χ3n) is 6.51. The lowest BCUT2D eigenvalue weighted by Crippen LogP contribution is -2.51. The first-order valence-corrected chi connectivity index (χ1v) is 10.2. The van der Waals surface area contributed by atoms with Crippen LogP contribution in [0.2, 0.25) is 0 Å². The van der Waals surface area contributed by atoms with Gasteiger partial charge in [-0.05, 0) is 38.0 Å². The summed E-state index contributed by atoms with van der Waals surface area (Å²) in [5.41, 5.74) is 0. The quantitative estimate of drug-likeness (QED) is 0.830. The molecule has 6 heteroatoms. The van der Waals surface area contributed by atoms with Crippen LogP contribution < -0.4 is 0 Å². The molecule has 2 amide bonds. The first kappa shape index (κ1) is 17.6. The van der Waals surface area contributed by atoms with Gasteiger partial charge in [-0.15, -0.1) is 0 Å². The van der Waals surface area contributed by atoms with Crippen molar-refractivity contribution >= 4 is 11.8 Å². The minimum absolute atomic E-state index is 0.0125. The molecule has 2 aliphatic heterocycles. The van der Waals surface area contributed by atoms with E-state index in [0.717, 1.165) is 51.7 Å². The maximum Gasteiger partial charge on any atom is 0.227 e. The summed E-state index contributed by atoms with van der Waals surface area (Å²) in [5, 5.41) is 0. The first-order valence-electron chi connectivity index (χ1n) is 10.2. The number of piperidine rings is 2. The van der Waals surface area contributed by atoms with Crippen molar-refractivity contribution in [3.05, 3.63) is 18.7 Å². The van der Waals surface area contributed by atoms with Crippen LogP contribution in [0, 0.1) is 11.8 Å². The Morgan fingerprint density at radius 2 is 1.88 bits per heavy atom. The maximum absolute atomic E-state index is 13.0. The summed E-state index contributed by atoms with van der Waals surface area (Å²) in [7, 11) is 0.